The van der Waals surface area contributed by atoms with Crippen molar-refractivity contribution in [2.75, 3.05) is 12.3 Å². The largest absolute Gasteiger partial charge is 0.466 e. The Labute approximate surface area is 138 Å². The van der Waals surface area contributed by atoms with Gasteiger partial charge in [-0.1, -0.05) is 12.1 Å². The summed E-state index contributed by atoms with van der Waals surface area (Å²) in [6.07, 6.45) is 0. The van der Waals surface area contributed by atoms with Crippen LogP contribution in [0.25, 0.3) is 0 Å². The van der Waals surface area contributed by atoms with Crippen LogP contribution in [0.4, 0.5) is 5.69 Å². The number of rotatable bonds is 7. The average Bonchev–Trinajstić information content (AvgIpc) is 2.86. The number of carbonyl (C=O) groups excluding carboxylic acids is 1. The van der Waals surface area contributed by atoms with Crippen molar-refractivity contribution in [3.63, 3.8) is 0 Å². The van der Waals surface area contributed by atoms with Crippen LogP contribution in [0, 0.1) is 24.0 Å². The molecule has 0 radical (unpaired) electrons. The SMILES string of the molecule is Cc1cc(C(=O)NCCSCc2ccc([N+](=O)[O-])cc2)c(C)o1. The first-order valence-electron chi connectivity index (χ1n) is 7.13. The highest BCUT2D eigenvalue weighted by Gasteiger charge is 2.12. The summed E-state index contributed by atoms with van der Waals surface area (Å²) in [4.78, 5) is 22.1. The van der Waals surface area contributed by atoms with Gasteiger partial charge in [-0.15, -0.1) is 0 Å². The van der Waals surface area contributed by atoms with Crippen molar-refractivity contribution < 1.29 is 14.1 Å². The Hall–Kier alpha value is -2.28. The summed E-state index contributed by atoms with van der Waals surface area (Å²) in [5.41, 5.74) is 1.69. The molecule has 7 heteroatoms. The predicted octanol–water partition coefficient (Wildman–Crippen LogP) is 3.47. The lowest BCUT2D eigenvalue weighted by molar-refractivity contribution is -0.384. The Morgan fingerprint density at radius 2 is 2.00 bits per heavy atom. The first-order chi connectivity index (χ1) is 11.0. The van der Waals surface area contributed by atoms with Gasteiger partial charge in [0.15, 0.2) is 0 Å². The van der Waals surface area contributed by atoms with Crippen LogP contribution in [-0.4, -0.2) is 23.1 Å². The molecule has 1 aromatic heterocycles. The molecule has 1 aromatic carbocycles. The maximum Gasteiger partial charge on any atom is 0.269 e. The topological polar surface area (TPSA) is 85.4 Å². The number of nitro groups is 1. The fraction of sp³-hybridized carbons (Fsp3) is 0.312. The summed E-state index contributed by atoms with van der Waals surface area (Å²) in [5.74, 6) is 2.73. The van der Waals surface area contributed by atoms with Gasteiger partial charge in [0.05, 0.1) is 10.5 Å². The van der Waals surface area contributed by atoms with Crippen LogP contribution in [0.5, 0.6) is 0 Å². The van der Waals surface area contributed by atoms with Crippen LogP contribution in [0.1, 0.15) is 27.4 Å². The Kier molecular flexibility index (Phi) is 5.81. The second-order valence-electron chi connectivity index (χ2n) is 5.06. The van der Waals surface area contributed by atoms with Crippen molar-refractivity contribution in [3.8, 4) is 0 Å². The molecule has 0 saturated heterocycles. The number of hydrogen-bond acceptors (Lipinski definition) is 5. The van der Waals surface area contributed by atoms with Gasteiger partial charge in [0.25, 0.3) is 11.6 Å². The van der Waals surface area contributed by atoms with Crippen molar-refractivity contribution in [3.05, 3.63) is 63.1 Å². The molecule has 23 heavy (non-hydrogen) atoms. The van der Waals surface area contributed by atoms with E-state index in [0.29, 0.717) is 17.9 Å². The number of nitrogens with one attached hydrogen (secondary N) is 1. The van der Waals surface area contributed by atoms with Crippen LogP contribution in [0.3, 0.4) is 0 Å². The van der Waals surface area contributed by atoms with E-state index >= 15 is 0 Å². The average molecular weight is 334 g/mol. The molecule has 2 aromatic rings. The van der Waals surface area contributed by atoms with Crippen molar-refractivity contribution in [1.29, 1.82) is 0 Å². The van der Waals surface area contributed by atoms with E-state index in [1.165, 1.54) is 12.1 Å². The second-order valence-corrected chi connectivity index (χ2v) is 6.16. The van der Waals surface area contributed by atoms with Gasteiger partial charge in [-0.25, -0.2) is 0 Å². The van der Waals surface area contributed by atoms with E-state index in [1.807, 2.05) is 6.92 Å². The molecule has 122 valence electrons. The molecule has 0 aliphatic carbocycles. The highest BCUT2D eigenvalue weighted by molar-refractivity contribution is 7.98. The summed E-state index contributed by atoms with van der Waals surface area (Å²) >= 11 is 1.66. The molecule has 0 atom stereocenters. The third-order valence-corrected chi connectivity index (χ3v) is 4.26. The highest BCUT2D eigenvalue weighted by Crippen LogP contribution is 2.17. The molecule has 0 saturated carbocycles. The zero-order valence-corrected chi connectivity index (χ0v) is 13.8. The smallest absolute Gasteiger partial charge is 0.269 e. The van der Waals surface area contributed by atoms with Gasteiger partial charge in [0.2, 0.25) is 0 Å². The molecule has 1 amide bonds. The minimum absolute atomic E-state index is 0.0942. The third-order valence-electron chi connectivity index (χ3n) is 3.23. The standard InChI is InChI=1S/C16H18N2O4S/c1-11-9-15(12(2)22-11)16(19)17-7-8-23-10-13-3-5-14(6-4-13)18(20)21/h3-6,9H,7-8,10H2,1-2H3,(H,17,19). The van der Waals surface area contributed by atoms with Crippen LogP contribution in [0.15, 0.2) is 34.7 Å². The molecule has 0 aliphatic rings. The van der Waals surface area contributed by atoms with E-state index in [4.69, 9.17) is 4.42 Å². The van der Waals surface area contributed by atoms with Crippen molar-refractivity contribution in [1.82, 2.24) is 5.32 Å². The van der Waals surface area contributed by atoms with E-state index < -0.39 is 4.92 Å². The van der Waals surface area contributed by atoms with Gasteiger partial charge in [-0.05, 0) is 25.5 Å². The molecular formula is C16H18N2O4S. The van der Waals surface area contributed by atoms with Gasteiger partial charge < -0.3 is 9.73 Å². The Morgan fingerprint density at radius 1 is 1.30 bits per heavy atom. The number of benzene rings is 1. The van der Waals surface area contributed by atoms with Crippen molar-refractivity contribution in [2.24, 2.45) is 0 Å². The summed E-state index contributed by atoms with van der Waals surface area (Å²) in [7, 11) is 0. The number of hydrogen-bond donors (Lipinski definition) is 1. The van der Waals surface area contributed by atoms with Crippen molar-refractivity contribution >= 4 is 23.4 Å². The lowest BCUT2D eigenvalue weighted by atomic mass is 10.2. The zero-order valence-electron chi connectivity index (χ0n) is 13.0. The molecule has 1 N–H and O–H groups in total. The molecule has 0 fully saturated rings. The van der Waals surface area contributed by atoms with Crippen LogP contribution in [-0.2, 0) is 5.75 Å². The fourth-order valence-corrected chi connectivity index (χ4v) is 2.91. The molecule has 0 unspecified atom stereocenters. The number of carbonyl (C=O) groups is 1. The maximum absolute atomic E-state index is 12.0. The number of nitro benzene ring substituents is 1. The first kappa shape index (κ1) is 17.1. The Balaban J connectivity index is 1.70. The summed E-state index contributed by atoms with van der Waals surface area (Å²) in [6.45, 7) is 4.13. The molecule has 0 bridgehead atoms. The van der Waals surface area contributed by atoms with Gasteiger partial charge in [0, 0.05) is 30.2 Å². The van der Waals surface area contributed by atoms with Gasteiger partial charge >= 0.3 is 0 Å². The molecule has 0 aliphatic heterocycles. The Morgan fingerprint density at radius 3 is 2.57 bits per heavy atom. The second kappa shape index (κ2) is 7.82. The minimum Gasteiger partial charge on any atom is -0.466 e. The number of nitrogens with zero attached hydrogens (tertiary/aromatic N) is 1. The number of furan rings is 1. The maximum atomic E-state index is 12.0. The van der Waals surface area contributed by atoms with Crippen molar-refractivity contribution in [2.45, 2.75) is 19.6 Å². The van der Waals surface area contributed by atoms with Gasteiger partial charge in [-0.2, -0.15) is 11.8 Å². The van der Waals surface area contributed by atoms with Crippen LogP contribution < -0.4 is 5.32 Å². The molecule has 2 rings (SSSR count). The number of aryl methyl sites for hydroxylation is 2. The molecular weight excluding hydrogens is 316 g/mol. The lowest BCUT2D eigenvalue weighted by Gasteiger charge is -2.04. The normalized spacial score (nSPS) is 10.5. The zero-order chi connectivity index (χ0) is 16.8. The highest BCUT2D eigenvalue weighted by atomic mass is 32.2. The summed E-state index contributed by atoms with van der Waals surface area (Å²) < 4.78 is 5.33. The molecule has 1 heterocycles. The van der Waals surface area contributed by atoms with Crippen LogP contribution in [0.2, 0.25) is 0 Å². The fourth-order valence-electron chi connectivity index (χ4n) is 2.09. The van der Waals surface area contributed by atoms with Gasteiger partial charge in [-0.3, -0.25) is 14.9 Å². The third kappa shape index (κ3) is 4.85. The molecule has 0 spiro atoms. The van der Waals surface area contributed by atoms with E-state index in [9.17, 15) is 14.9 Å². The number of non-ortho nitro benzene ring substituents is 1. The Bertz CT molecular complexity index is 695. The van der Waals surface area contributed by atoms with Crippen LogP contribution >= 0.6 is 11.8 Å². The van der Waals surface area contributed by atoms with E-state index in [-0.39, 0.29) is 11.6 Å². The lowest BCUT2D eigenvalue weighted by Crippen LogP contribution is -2.25. The van der Waals surface area contributed by atoms with E-state index in [1.54, 1.807) is 36.9 Å². The first-order valence-corrected chi connectivity index (χ1v) is 8.29. The molecule has 6 nitrogen and oxygen atoms in total. The summed E-state index contributed by atoms with van der Waals surface area (Å²) in [5, 5.41) is 13.4. The predicted molar refractivity (Wildman–Crippen MR) is 89.8 cm³/mol. The quantitative estimate of drug-likeness (QED) is 0.476. The minimum atomic E-state index is -0.411. The monoisotopic (exact) mass is 334 g/mol. The number of thioether (sulfide) groups is 1. The van der Waals surface area contributed by atoms with E-state index in [2.05, 4.69) is 5.32 Å². The number of amides is 1. The van der Waals surface area contributed by atoms with E-state index in [0.717, 1.165) is 22.8 Å². The van der Waals surface area contributed by atoms with Gasteiger partial charge in [0.1, 0.15) is 11.5 Å². The summed E-state index contributed by atoms with van der Waals surface area (Å²) in [6, 6.07) is 8.24.